The molecule has 0 saturated carbocycles. The third-order valence-electron chi connectivity index (χ3n) is 2.52. The highest BCUT2D eigenvalue weighted by Crippen LogP contribution is 2.10. The predicted octanol–water partition coefficient (Wildman–Crippen LogP) is 1.31. The van der Waals surface area contributed by atoms with Gasteiger partial charge in [-0.05, 0) is 31.5 Å². The molecule has 1 atom stereocenters. The minimum absolute atomic E-state index is 0.0287. The fourth-order valence-electron chi connectivity index (χ4n) is 1.43. The van der Waals surface area contributed by atoms with Crippen LogP contribution in [0.4, 0.5) is 0 Å². The van der Waals surface area contributed by atoms with E-state index in [1.807, 2.05) is 38.1 Å². The summed E-state index contributed by atoms with van der Waals surface area (Å²) in [6, 6.07) is 7.60. The van der Waals surface area contributed by atoms with Crippen molar-refractivity contribution in [1.82, 2.24) is 10.6 Å². The smallest absolute Gasteiger partial charge is 0.236 e. The third-order valence-corrected chi connectivity index (χ3v) is 2.52. The Labute approximate surface area is 102 Å². The number of nitrogens with one attached hydrogen (secondary N) is 2. The largest absolute Gasteiger partial charge is 0.497 e. The second-order valence-corrected chi connectivity index (χ2v) is 3.85. The van der Waals surface area contributed by atoms with Crippen molar-refractivity contribution in [2.24, 2.45) is 0 Å². The number of likely N-dealkylation sites (N-methyl/N-ethyl adjacent to an activating group) is 1. The van der Waals surface area contributed by atoms with Crippen LogP contribution in [0.1, 0.15) is 19.4 Å². The van der Waals surface area contributed by atoms with Gasteiger partial charge < -0.3 is 15.4 Å². The molecule has 2 N–H and O–H groups in total. The molecule has 0 saturated heterocycles. The first-order chi connectivity index (χ1) is 8.17. The molecule has 0 spiro atoms. The van der Waals surface area contributed by atoms with Crippen molar-refractivity contribution in [2.45, 2.75) is 26.4 Å². The molecule has 94 valence electrons. The van der Waals surface area contributed by atoms with Gasteiger partial charge in [0, 0.05) is 13.1 Å². The molecule has 1 rings (SSSR count). The molecule has 0 aliphatic heterocycles. The standard InChI is InChI=1S/C13H20N2O2/c1-4-14-13(16)10(2)15-9-11-5-7-12(17-3)8-6-11/h5-8,10,15H,4,9H2,1-3H3,(H,14,16). The van der Waals surface area contributed by atoms with Crippen molar-refractivity contribution < 1.29 is 9.53 Å². The average molecular weight is 236 g/mol. The normalized spacial score (nSPS) is 11.9. The zero-order valence-corrected chi connectivity index (χ0v) is 10.6. The van der Waals surface area contributed by atoms with Gasteiger partial charge in [-0.1, -0.05) is 12.1 Å². The van der Waals surface area contributed by atoms with E-state index >= 15 is 0 Å². The van der Waals surface area contributed by atoms with Crippen molar-refractivity contribution in [3.63, 3.8) is 0 Å². The van der Waals surface area contributed by atoms with Crippen LogP contribution < -0.4 is 15.4 Å². The molecule has 4 heteroatoms. The molecule has 1 unspecified atom stereocenters. The molecule has 1 aromatic rings. The van der Waals surface area contributed by atoms with Gasteiger partial charge in [0.15, 0.2) is 0 Å². The summed E-state index contributed by atoms with van der Waals surface area (Å²) in [7, 11) is 1.64. The molecule has 17 heavy (non-hydrogen) atoms. The zero-order chi connectivity index (χ0) is 12.7. The maximum Gasteiger partial charge on any atom is 0.236 e. The number of carbonyl (C=O) groups is 1. The quantitative estimate of drug-likeness (QED) is 0.783. The van der Waals surface area contributed by atoms with Crippen molar-refractivity contribution in [2.75, 3.05) is 13.7 Å². The van der Waals surface area contributed by atoms with Gasteiger partial charge in [-0.15, -0.1) is 0 Å². The first-order valence-corrected chi connectivity index (χ1v) is 5.81. The van der Waals surface area contributed by atoms with Gasteiger partial charge in [-0.2, -0.15) is 0 Å². The fraction of sp³-hybridized carbons (Fsp3) is 0.462. The molecule has 0 aromatic heterocycles. The Morgan fingerprint density at radius 1 is 1.35 bits per heavy atom. The van der Waals surface area contributed by atoms with Crippen LogP contribution in [0.25, 0.3) is 0 Å². The number of methoxy groups -OCH3 is 1. The summed E-state index contributed by atoms with van der Waals surface area (Å²) in [5.74, 6) is 0.867. The average Bonchev–Trinajstić information content (AvgIpc) is 2.36. The van der Waals surface area contributed by atoms with E-state index in [9.17, 15) is 4.79 Å². The highest BCUT2D eigenvalue weighted by Gasteiger charge is 2.10. The van der Waals surface area contributed by atoms with Crippen LogP contribution in [-0.4, -0.2) is 25.6 Å². The van der Waals surface area contributed by atoms with Crippen LogP contribution in [-0.2, 0) is 11.3 Å². The first-order valence-electron chi connectivity index (χ1n) is 5.81. The van der Waals surface area contributed by atoms with Crippen LogP contribution in [0.15, 0.2) is 24.3 Å². The third kappa shape index (κ3) is 4.44. The van der Waals surface area contributed by atoms with E-state index in [4.69, 9.17) is 4.74 Å². The molecule has 4 nitrogen and oxygen atoms in total. The topological polar surface area (TPSA) is 50.4 Å². The van der Waals surface area contributed by atoms with Gasteiger partial charge in [0.05, 0.1) is 13.2 Å². The Morgan fingerprint density at radius 3 is 2.53 bits per heavy atom. The fourth-order valence-corrected chi connectivity index (χ4v) is 1.43. The lowest BCUT2D eigenvalue weighted by Gasteiger charge is -2.13. The van der Waals surface area contributed by atoms with E-state index in [2.05, 4.69) is 10.6 Å². The Morgan fingerprint density at radius 2 is 2.00 bits per heavy atom. The van der Waals surface area contributed by atoms with Crippen molar-refractivity contribution in [3.05, 3.63) is 29.8 Å². The van der Waals surface area contributed by atoms with Crippen LogP contribution in [0.5, 0.6) is 5.75 Å². The van der Waals surface area contributed by atoms with E-state index in [0.717, 1.165) is 11.3 Å². The van der Waals surface area contributed by atoms with Gasteiger partial charge >= 0.3 is 0 Å². The molecule has 0 aliphatic carbocycles. The minimum Gasteiger partial charge on any atom is -0.497 e. The van der Waals surface area contributed by atoms with E-state index in [1.165, 1.54) is 0 Å². The maximum absolute atomic E-state index is 11.5. The number of ether oxygens (including phenoxy) is 1. The van der Waals surface area contributed by atoms with Gasteiger partial charge in [0.2, 0.25) is 5.91 Å². The van der Waals surface area contributed by atoms with Gasteiger partial charge in [0.25, 0.3) is 0 Å². The summed E-state index contributed by atoms with van der Waals surface area (Å²) in [5.41, 5.74) is 1.13. The molecule has 0 radical (unpaired) electrons. The molecule has 0 bridgehead atoms. The molecular weight excluding hydrogens is 216 g/mol. The summed E-state index contributed by atoms with van der Waals surface area (Å²) in [4.78, 5) is 11.5. The summed E-state index contributed by atoms with van der Waals surface area (Å²) in [6.07, 6.45) is 0. The van der Waals surface area contributed by atoms with Crippen LogP contribution in [0, 0.1) is 0 Å². The lowest BCUT2D eigenvalue weighted by atomic mass is 10.2. The van der Waals surface area contributed by atoms with E-state index < -0.39 is 0 Å². The number of hydrogen-bond acceptors (Lipinski definition) is 3. The summed E-state index contributed by atoms with van der Waals surface area (Å²) < 4.78 is 5.08. The first kappa shape index (κ1) is 13.5. The van der Waals surface area contributed by atoms with Gasteiger partial charge in [-0.3, -0.25) is 4.79 Å². The van der Waals surface area contributed by atoms with E-state index in [-0.39, 0.29) is 11.9 Å². The number of benzene rings is 1. The highest BCUT2D eigenvalue weighted by molar-refractivity contribution is 5.81. The molecule has 1 aromatic carbocycles. The number of hydrogen-bond donors (Lipinski definition) is 2. The van der Waals surface area contributed by atoms with Gasteiger partial charge in [0.1, 0.15) is 5.75 Å². The Hall–Kier alpha value is -1.55. The monoisotopic (exact) mass is 236 g/mol. The summed E-state index contributed by atoms with van der Waals surface area (Å²) in [6.45, 7) is 5.10. The SMILES string of the molecule is CCNC(=O)C(C)NCc1ccc(OC)cc1. The molecular formula is C13H20N2O2. The summed E-state index contributed by atoms with van der Waals surface area (Å²) >= 11 is 0. The summed E-state index contributed by atoms with van der Waals surface area (Å²) in [5, 5.41) is 5.95. The van der Waals surface area contributed by atoms with Crippen molar-refractivity contribution in [1.29, 1.82) is 0 Å². The Bertz CT molecular complexity index is 349. The molecule has 1 amide bonds. The number of amides is 1. The zero-order valence-electron chi connectivity index (χ0n) is 10.6. The Kier molecular flexibility index (Phi) is 5.49. The van der Waals surface area contributed by atoms with E-state index in [1.54, 1.807) is 7.11 Å². The van der Waals surface area contributed by atoms with Crippen molar-refractivity contribution in [3.8, 4) is 5.75 Å². The van der Waals surface area contributed by atoms with Crippen LogP contribution in [0.2, 0.25) is 0 Å². The number of carbonyl (C=O) groups excluding carboxylic acids is 1. The second-order valence-electron chi connectivity index (χ2n) is 3.85. The minimum atomic E-state index is -0.183. The second kappa shape index (κ2) is 6.91. The van der Waals surface area contributed by atoms with Crippen LogP contribution >= 0.6 is 0 Å². The van der Waals surface area contributed by atoms with Crippen molar-refractivity contribution >= 4 is 5.91 Å². The van der Waals surface area contributed by atoms with Crippen LogP contribution in [0.3, 0.4) is 0 Å². The lowest BCUT2D eigenvalue weighted by molar-refractivity contribution is -0.122. The molecule has 0 fully saturated rings. The van der Waals surface area contributed by atoms with E-state index in [0.29, 0.717) is 13.1 Å². The maximum atomic E-state index is 11.5. The number of rotatable bonds is 6. The highest BCUT2D eigenvalue weighted by atomic mass is 16.5. The molecule has 0 aliphatic rings. The molecule has 0 heterocycles. The predicted molar refractivity (Wildman–Crippen MR) is 68.0 cm³/mol. The lowest BCUT2D eigenvalue weighted by Crippen LogP contribution is -2.41. The van der Waals surface area contributed by atoms with Gasteiger partial charge in [-0.25, -0.2) is 0 Å². The Balaban J connectivity index is 2.41.